The molecule has 0 saturated heterocycles. The minimum Gasteiger partial charge on any atom is -0.354 e. The average Bonchev–Trinajstić information content (AvgIpc) is 2.64. The minimum atomic E-state index is 0.240. The van der Waals surface area contributed by atoms with Gasteiger partial charge in [0.05, 0.1) is 0 Å². The van der Waals surface area contributed by atoms with Gasteiger partial charge in [-0.2, -0.15) is 15.0 Å². The van der Waals surface area contributed by atoms with E-state index in [0.29, 0.717) is 17.9 Å². The highest BCUT2D eigenvalue weighted by Crippen LogP contribution is 2.20. The molecular weight excluding hydrogens is 262 g/mol. The van der Waals surface area contributed by atoms with Crippen molar-refractivity contribution in [2.75, 3.05) is 17.2 Å². The standard InChI is InChI=1S/C13H22ClN5/c1-2-9-15-12-17-11(14)18-13(19-12)16-10-7-5-3-4-6-8-10/h10H,2-9H2,1H3,(H2,15,16,17,18,19). The number of hydrogen-bond donors (Lipinski definition) is 2. The van der Waals surface area contributed by atoms with Crippen LogP contribution in [-0.2, 0) is 0 Å². The molecule has 6 heteroatoms. The molecule has 2 rings (SSSR count). The fraction of sp³-hybridized carbons (Fsp3) is 0.769. The number of halogens is 1. The molecule has 19 heavy (non-hydrogen) atoms. The topological polar surface area (TPSA) is 62.7 Å². The second kappa shape index (κ2) is 7.48. The normalized spacial score (nSPS) is 16.9. The van der Waals surface area contributed by atoms with Gasteiger partial charge < -0.3 is 10.6 Å². The summed E-state index contributed by atoms with van der Waals surface area (Å²) >= 11 is 5.94. The zero-order chi connectivity index (χ0) is 13.5. The highest BCUT2D eigenvalue weighted by atomic mass is 35.5. The Morgan fingerprint density at radius 2 is 1.74 bits per heavy atom. The van der Waals surface area contributed by atoms with Crippen molar-refractivity contribution in [1.82, 2.24) is 15.0 Å². The lowest BCUT2D eigenvalue weighted by Gasteiger charge is -2.16. The maximum Gasteiger partial charge on any atom is 0.229 e. The fourth-order valence-electron chi connectivity index (χ4n) is 2.34. The summed E-state index contributed by atoms with van der Waals surface area (Å²) in [7, 11) is 0. The van der Waals surface area contributed by atoms with Gasteiger partial charge in [0.1, 0.15) is 0 Å². The molecule has 1 aromatic rings. The second-order valence-corrected chi connectivity index (χ2v) is 5.35. The number of anilines is 2. The van der Waals surface area contributed by atoms with Crippen molar-refractivity contribution in [2.24, 2.45) is 0 Å². The lowest BCUT2D eigenvalue weighted by molar-refractivity contribution is 0.614. The number of nitrogens with one attached hydrogen (secondary N) is 2. The molecule has 0 unspecified atom stereocenters. The summed E-state index contributed by atoms with van der Waals surface area (Å²) in [6.07, 6.45) is 8.60. The van der Waals surface area contributed by atoms with Gasteiger partial charge in [-0.25, -0.2) is 0 Å². The Balaban J connectivity index is 1.99. The predicted molar refractivity (Wildman–Crippen MR) is 78.7 cm³/mol. The summed E-state index contributed by atoms with van der Waals surface area (Å²) in [5.74, 6) is 1.14. The molecule has 5 nitrogen and oxygen atoms in total. The molecule has 0 aromatic carbocycles. The summed E-state index contributed by atoms with van der Waals surface area (Å²) < 4.78 is 0. The monoisotopic (exact) mass is 283 g/mol. The molecular formula is C13H22ClN5. The Bertz CT molecular complexity index is 391. The smallest absolute Gasteiger partial charge is 0.229 e. The van der Waals surface area contributed by atoms with Crippen molar-refractivity contribution in [3.63, 3.8) is 0 Å². The maximum atomic E-state index is 5.94. The number of nitrogens with zero attached hydrogens (tertiary/aromatic N) is 3. The molecule has 1 saturated carbocycles. The van der Waals surface area contributed by atoms with E-state index >= 15 is 0 Å². The van der Waals surface area contributed by atoms with Crippen LogP contribution in [-0.4, -0.2) is 27.5 Å². The van der Waals surface area contributed by atoms with Crippen molar-refractivity contribution in [1.29, 1.82) is 0 Å². The summed E-state index contributed by atoms with van der Waals surface area (Å²) in [5, 5.41) is 6.77. The first-order valence-electron chi connectivity index (χ1n) is 7.20. The van der Waals surface area contributed by atoms with Crippen LogP contribution < -0.4 is 10.6 Å². The minimum absolute atomic E-state index is 0.240. The second-order valence-electron chi connectivity index (χ2n) is 5.01. The van der Waals surface area contributed by atoms with Gasteiger partial charge in [-0.15, -0.1) is 0 Å². The number of hydrogen-bond acceptors (Lipinski definition) is 5. The van der Waals surface area contributed by atoms with Gasteiger partial charge in [-0.1, -0.05) is 32.6 Å². The Kier molecular flexibility index (Phi) is 5.63. The Labute approximate surface area is 119 Å². The van der Waals surface area contributed by atoms with Crippen LogP contribution in [0.15, 0.2) is 0 Å². The van der Waals surface area contributed by atoms with Crippen molar-refractivity contribution in [3.8, 4) is 0 Å². The van der Waals surface area contributed by atoms with Gasteiger partial charge in [0.2, 0.25) is 17.2 Å². The van der Waals surface area contributed by atoms with E-state index in [-0.39, 0.29) is 5.28 Å². The van der Waals surface area contributed by atoms with Crippen LogP contribution in [0, 0.1) is 0 Å². The van der Waals surface area contributed by atoms with Gasteiger partial charge in [-0.3, -0.25) is 0 Å². The third kappa shape index (κ3) is 4.82. The third-order valence-corrected chi connectivity index (χ3v) is 3.50. The van der Waals surface area contributed by atoms with Crippen LogP contribution >= 0.6 is 11.6 Å². The van der Waals surface area contributed by atoms with E-state index in [2.05, 4.69) is 32.5 Å². The maximum absolute atomic E-state index is 5.94. The van der Waals surface area contributed by atoms with E-state index in [0.717, 1.165) is 13.0 Å². The molecule has 1 aromatic heterocycles. The molecule has 0 aliphatic heterocycles. The molecule has 1 aliphatic carbocycles. The summed E-state index contributed by atoms with van der Waals surface area (Å²) in [6, 6.07) is 0.458. The molecule has 0 radical (unpaired) electrons. The first-order valence-corrected chi connectivity index (χ1v) is 7.57. The van der Waals surface area contributed by atoms with Crippen molar-refractivity contribution in [3.05, 3.63) is 5.28 Å². The van der Waals surface area contributed by atoms with Gasteiger partial charge >= 0.3 is 0 Å². The Morgan fingerprint density at radius 3 is 2.42 bits per heavy atom. The molecule has 1 fully saturated rings. The number of aromatic nitrogens is 3. The largest absolute Gasteiger partial charge is 0.354 e. The van der Waals surface area contributed by atoms with Crippen LogP contribution in [0.4, 0.5) is 11.9 Å². The van der Waals surface area contributed by atoms with E-state index in [1.165, 1.54) is 38.5 Å². The van der Waals surface area contributed by atoms with Crippen LogP contribution in [0.2, 0.25) is 5.28 Å². The zero-order valence-electron chi connectivity index (χ0n) is 11.5. The molecule has 0 bridgehead atoms. The van der Waals surface area contributed by atoms with Gasteiger partial charge in [0, 0.05) is 12.6 Å². The third-order valence-electron chi connectivity index (χ3n) is 3.33. The first kappa shape index (κ1) is 14.3. The fourth-order valence-corrected chi connectivity index (χ4v) is 2.50. The van der Waals surface area contributed by atoms with E-state index in [1.807, 2.05) is 0 Å². The van der Waals surface area contributed by atoms with Crippen molar-refractivity contribution in [2.45, 2.75) is 57.9 Å². The molecule has 106 valence electrons. The molecule has 2 N–H and O–H groups in total. The van der Waals surface area contributed by atoms with Crippen molar-refractivity contribution < 1.29 is 0 Å². The lowest BCUT2D eigenvalue weighted by atomic mass is 10.1. The van der Waals surface area contributed by atoms with Gasteiger partial charge in [0.25, 0.3) is 0 Å². The molecule has 0 spiro atoms. The Hall–Kier alpha value is -1.10. The van der Waals surface area contributed by atoms with Crippen LogP contribution in [0.5, 0.6) is 0 Å². The summed E-state index contributed by atoms with van der Waals surface area (Å²) in [5.41, 5.74) is 0. The summed E-state index contributed by atoms with van der Waals surface area (Å²) in [6.45, 7) is 2.93. The molecule has 1 aliphatic rings. The van der Waals surface area contributed by atoms with Crippen LogP contribution in [0.1, 0.15) is 51.9 Å². The van der Waals surface area contributed by atoms with Crippen LogP contribution in [0.25, 0.3) is 0 Å². The van der Waals surface area contributed by atoms with Gasteiger partial charge in [-0.05, 0) is 30.9 Å². The molecule has 1 heterocycles. The van der Waals surface area contributed by atoms with E-state index in [1.54, 1.807) is 0 Å². The highest BCUT2D eigenvalue weighted by Gasteiger charge is 2.14. The average molecular weight is 284 g/mol. The van der Waals surface area contributed by atoms with E-state index in [4.69, 9.17) is 11.6 Å². The molecule has 0 amide bonds. The lowest BCUT2D eigenvalue weighted by Crippen LogP contribution is -2.20. The van der Waals surface area contributed by atoms with Crippen molar-refractivity contribution >= 4 is 23.5 Å². The van der Waals surface area contributed by atoms with E-state index in [9.17, 15) is 0 Å². The quantitative estimate of drug-likeness (QED) is 0.810. The SMILES string of the molecule is CCCNc1nc(Cl)nc(NC2CCCCCC2)n1. The highest BCUT2D eigenvalue weighted by molar-refractivity contribution is 6.28. The Morgan fingerprint density at radius 1 is 1.05 bits per heavy atom. The van der Waals surface area contributed by atoms with Gasteiger partial charge in [0.15, 0.2) is 0 Å². The molecule has 0 atom stereocenters. The number of rotatable bonds is 5. The van der Waals surface area contributed by atoms with Crippen LogP contribution in [0.3, 0.4) is 0 Å². The predicted octanol–water partition coefficient (Wildman–Crippen LogP) is 3.48. The zero-order valence-corrected chi connectivity index (χ0v) is 12.2. The summed E-state index contributed by atoms with van der Waals surface area (Å²) in [4.78, 5) is 12.6. The first-order chi connectivity index (χ1) is 9.28. The van der Waals surface area contributed by atoms with E-state index < -0.39 is 0 Å².